The molecule has 6 unspecified atom stereocenters. The number of hydrogen-bond donors (Lipinski definition) is 0. The summed E-state index contributed by atoms with van der Waals surface area (Å²) in [6, 6.07) is 0. The number of rotatable bonds is 6. The number of allylic oxidation sites excluding steroid dienone is 22. The summed E-state index contributed by atoms with van der Waals surface area (Å²) in [4.78, 5) is 0. The van der Waals surface area contributed by atoms with E-state index < -0.39 is 0 Å². The molecule has 0 aliphatic heterocycles. The third kappa shape index (κ3) is 6.59. The van der Waals surface area contributed by atoms with E-state index in [1.807, 2.05) is 0 Å². The van der Waals surface area contributed by atoms with E-state index >= 15 is 0 Å². The van der Waals surface area contributed by atoms with Crippen LogP contribution in [0.25, 0.3) is 0 Å². The molecule has 6 atom stereocenters. The molecule has 0 saturated heterocycles. The molecule has 0 heterocycles. The zero-order chi connectivity index (χ0) is 55.3. The van der Waals surface area contributed by atoms with E-state index in [2.05, 4.69) is 180 Å². The molecule has 0 spiro atoms. The Morgan fingerprint density at radius 3 is 0.987 bits per heavy atom. The highest BCUT2D eigenvalue weighted by molar-refractivity contribution is 5.86. The molecule has 0 nitrogen and oxygen atoms in total. The first-order chi connectivity index (χ1) is 35.0. The molecule has 0 aromatic heterocycles. The van der Waals surface area contributed by atoms with Crippen LogP contribution in [-0.2, 0) is 0 Å². The van der Waals surface area contributed by atoms with Crippen LogP contribution in [0.5, 0.6) is 0 Å². The second kappa shape index (κ2) is 17.5. The molecule has 0 saturated carbocycles. The van der Waals surface area contributed by atoms with Gasteiger partial charge in [0.25, 0.3) is 0 Å². The summed E-state index contributed by atoms with van der Waals surface area (Å²) < 4.78 is 0. The molecule has 0 heteroatoms. The number of hydrogen-bond acceptors (Lipinski definition) is 0. The summed E-state index contributed by atoms with van der Waals surface area (Å²) in [5.41, 5.74) is 59.1. The van der Waals surface area contributed by atoms with Gasteiger partial charge >= 0.3 is 0 Å². The highest BCUT2D eigenvalue weighted by Crippen LogP contribution is 2.70. The predicted molar refractivity (Wildman–Crippen MR) is 325 cm³/mol. The first-order valence-corrected chi connectivity index (χ1v) is 28.7. The van der Waals surface area contributed by atoms with Gasteiger partial charge in [-0.3, -0.25) is 0 Å². The van der Waals surface area contributed by atoms with Crippen molar-refractivity contribution in [3.05, 3.63) is 236 Å². The Labute approximate surface area is 455 Å². The van der Waals surface area contributed by atoms with E-state index in [9.17, 15) is 0 Å². The SMILES string of the molecule is C=C1C2=C(C3=C(C)C(C)=C(C4=C(C)C5=C(C6=C(C(C)=C(C)C6c6c(C)c(C)c(C)c(C)c6C)C5c5c(C)c(C)c(C)c(C)c5C)C4c4c(C)c(C)c(C)c(C)c4C)C3C)C(C)C(=C)C2=C(C2=C(C)C(C)=C(C)C2)C1C. The maximum atomic E-state index is 5.00. The Hall–Kier alpha value is -5.46. The molecular weight excluding hydrogens is 901 g/mol. The largest absolute Gasteiger partial charge is 0.0946 e. The van der Waals surface area contributed by atoms with Crippen molar-refractivity contribution in [1.29, 1.82) is 0 Å². The maximum Gasteiger partial charge on any atom is 0.0357 e. The minimum atomic E-state index is 0.0728. The molecule has 7 aliphatic rings. The summed E-state index contributed by atoms with van der Waals surface area (Å²) in [5.74, 6) is 1.02. The third-order valence-electron chi connectivity index (χ3n) is 23.2. The van der Waals surface area contributed by atoms with Crippen molar-refractivity contribution in [2.45, 2.75) is 204 Å². The molecule has 0 bridgehead atoms. The van der Waals surface area contributed by atoms with Crippen LogP contribution in [0.3, 0.4) is 0 Å². The van der Waals surface area contributed by atoms with Crippen molar-refractivity contribution >= 4 is 0 Å². The molecule has 0 amide bonds. The highest BCUT2D eigenvalue weighted by Gasteiger charge is 2.54. The van der Waals surface area contributed by atoms with Crippen LogP contribution < -0.4 is 0 Å². The van der Waals surface area contributed by atoms with E-state index in [0.29, 0.717) is 0 Å². The van der Waals surface area contributed by atoms with E-state index in [1.165, 1.54) is 189 Å². The van der Waals surface area contributed by atoms with Crippen molar-refractivity contribution in [3.8, 4) is 0 Å². The third-order valence-corrected chi connectivity index (χ3v) is 23.2. The first-order valence-electron chi connectivity index (χ1n) is 28.7. The van der Waals surface area contributed by atoms with Crippen LogP contribution in [0, 0.1) is 122 Å². The van der Waals surface area contributed by atoms with Crippen LogP contribution in [0.4, 0.5) is 0 Å². The summed E-state index contributed by atoms with van der Waals surface area (Å²) in [6.07, 6.45) is 1.03. The van der Waals surface area contributed by atoms with Gasteiger partial charge in [-0.05, 0) is 377 Å². The predicted octanol–water partition coefficient (Wildman–Crippen LogP) is 20.6. The van der Waals surface area contributed by atoms with Crippen LogP contribution >= 0.6 is 0 Å². The van der Waals surface area contributed by atoms with Gasteiger partial charge in [-0.15, -0.1) is 0 Å². The Bertz CT molecular complexity index is 3590. The summed E-state index contributed by atoms with van der Waals surface area (Å²) >= 11 is 0. The molecule has 390 valence electrons. The Balaban J connectivity index is 1.29. The fourth-order valence-electron chi connectivity index (χ4n) is 16.9. The Morgan fingerprint density at radius 1 is 0.267 bits per heavy atom. The van der Waals surface area contributed by atoms with Crippen molar-refractivity contribution in [1.82, 2.24) is 0 Å². The van der Waals surface area contributed by atoms with E-state index in [-0.39, 0.29) is 35.5 Å². The van der Waals surface area contributed by atoms with E-state index in [4.69, 9.17) is 13.2 Å². The molecule has 0 N–H and O–H groups in total. The first kappa shape index (κ1) is 53.0. The van der Waals surface area contributed by atoms with Gasteiger partial charge in [-0.25, -0.2) is 0 Å². The molecule has 0 radical (unpaired) electrons. The fourth-order valence-corrected chi connectivity index (χ4v) is 16.9. The van der Waals surface area contributed by atoms with Crippen molar-refractivity contribution in [3.63, 3.8) is 0 Å². The second-order valence-corrected chi connectivity index (χ2v) is 25.5. The van der Waals surface area contributed by atoms with Crippen LogP contribution in [-0.4, -0.2) is 0 Å². The summed E-state index contributed by atoms with van der Waals surface area (Å²) in [6.45, 7) is 73.0. The van der Waals surface area contributed by atoms with Crippen LogP contribution in [0.2, 0.25) is 0 Å². The lowest BCUT2D eigenvalue weighted by atomic mass is 9.70. The number of fused-ring (bicyclic) bond motifs is 2. The van der Waals surface area contributed by atoms with Gasteiger partial charge in [-0.2, -0.15) is 0 Å². The van der Waals surface area contributed by atoms with Gasteiger partial charge in [0.15, 0.2) is 0 Å². The van der Waals surface area contributed by atoms with E-state index in [0.717, 1.165) is 6.42 Å². The van der Waals surface area contributed by atoms with Gasteiger partial charge in [0, 0.05) is 35.5 Å². The van der Waals surface area contributed by atoms with Crippen LogP contribution in [0.15, 0.2) is 136 Å². The normalized spacial score (nSPS) is 24.9. The van der Waals surface area contributed by atoms with Gasteiger partial charge in [-0.1, -0.05) is 45.1 Å². The van der Waals surface area contributed by atoms with Crippen LogP contribution in [0.1, 0.15) is 200 Å². The topological polar surface area (TPSA) is 0 Å². The zero-order valence-corrected chi connectivity index (χ0v) is 51.6. The second-order valence-electron chi connectivity index (χ2n) is 25.5. The van der Waals surface area contributed by atoms with Gasteiger partial charge in [0.2, 0.25) is 0 Å². The van der Waals surface area contributed by atoms with Crippen molar-refractivity contribution in [2.24, 2.45) is 17.8 Å². The average molecular weight is 992 g/mol. The zero-order valence-electron chi connectivity index (χ0n) is 51.6. The van der Waals surface area contributed by atoms with Crippen molar-refractivity contribution < 1.29 is 0 Å². The van der Waals surface area contributed by atoms with E-state index in [1.54, 1.807) is 33.4 Å². The van der Waals surface area contributed by atoms with Crippen molar-refractivity contribution in [2.75, 3.05) is 0 Å². The molecule has 75 heavy (non-hydrogen) atoms. The number of benzene rings is 3. The monoisotopic (exact) mass is 991 g/mol. The van der Waals surface area contributed by atoms with Gasteiger partial charge in [0.05, 0.1) is 0 Å². The summed E-state index contributed by atoms with van der Waals surface area (Å²) in [5, 5.41) is 0. The molecule has 3 aromatic carbocycles. The quantitative estimate of drug-likeness (QED) is 0.231. The Morgan fingerprint density at radius 2 is 0.587 bits per heavy atom. The maximum absolute atomic E-state index is 5.00. The minimum absolute atomic E-state index is 0.0728. The smallest absolute Gasteiger partial charge is 0.0357 e. The molecular formula is C75H90. The molecule has 3 aromatic rings. The van der Waals surface area contributed by atoms with Gasteiger partial charge < -0.3 is 0 Å². The molecule has 7 aliphatic carbocycles. The fraction of sp³-hybridized carbons (Fsp3) is 0.440. The lowest BCUT2D eigenvalue weighted by Gasteiger charge is -2.33. The Kier molecular flexibility index (Phi) is 12.4. The average Bonchev–Trinajstić information content (AvgIpc) is 4.17. The minimum Gasteiger partial charge on any atom is -0.0946 e. The lowest BCUT2D eigenvalue weighted by Crippen LogP contribution is -2.18. The molecule has 10 rings (SSSR count). The lowest BCUT2D eigenvalue weighted by molar-refractivity contribution is 0.743. The standard InChI is InChI=1S/C75H90/c1-30-29-58(41(12)31(30)2)64-50(21)51(22)68-65(52(23)54(25)67(64)68)62-48(19)49(20)63(56(62)27)70-57(28)71-72(60-44(15)37(8)33(4)38(9)45(60)16)69-55(26)53(24)66(59-42(13)35(6)32(3)36(7)43(59)14)74(69)75(71)73(70)61-46(17)39(10)34(5)40(11)47(61)18/h50,52,56,66,72-73H,22,25,29H2,1-21,23-24,26-28H3. The highest BCUT2D eigenvalue weighted by atomic mass is 14.6. The molecule has 0 fully saturated rings. The van der Waals surface area contributed by atoms with Gasteiger partial charge in [0.1, 0.15) is 0 Å². The summed E-state index contributed by atoms with van der Waals surface area (Å²) in [7, 11) is 0.